The zero-order chi connectivity index (χ0) is 26.2. The molecule has 0 saturated carbocycles. The van der Waals surface area contributed by atoms with Crippen LogP contribution in [0.15, 0.2) is 53.1 Å². The van der Waals surface area contributed by atoms with Crippen molar-refractivity contribution in [3.05, 3.63) is 63.7 Å². The van der Waals surface area contributed by atoms with E-state index in [9.17, 15) is 19.6 Å². The highest BCUT2D eigenvalue weighted by molar-refractivity contribution is 8.03. The van der Waals surface area contributed by atoms with Crippen LogP contribution in [0.25, 0.3) is 0 Å². The fourth-order valence-corrected chi connectivity index (χ4v) is 4.79. The minimum atomic E-state index is -1.31. The van der Waals surface area contributed by atoms with E-state index in [1.54, 1.807) is 42.5 Å². The number of amides is 2. The number of thioether (sulfide) groups is 1. The van der Waals surface area contributed by atoms with Crippen molar-refractivity contribution in [3.63, 3.8) is 0 Å². The van der Waals surface area contributed by atoms with E-state index in [0.29, 0.717) is 29.4 Å². The Balaban J connectivity index is 1.91. The third-order valence-corrected chi connectivity index (χ3v) is 6.61. The number of rotatable bonds is 9. The predicted octanol–water partition coefficient (Wildman–Crippen LogP) is 3.86. The van der Waals surface area contributed by atoms with Gasteiger partial charge in [-0.15, -0.1) is 0 Å². The molecule has 1 heterocycles. The molecule has 11 heteroatoms. The van der Waals surface area contributed by atoms with Crippen molar-refractivity contribution in [2.24, 2.45) is 5.92 Å². The van der Waals surface area contributed by atoms with Crippen LogP contribution in [-0.2, 0) is 19.1 Å². The summed E-state index contributed by atoms with van der Waals surface area (Å²) in [6.45, 7) is 2.21. The number of nitriles is 1. The predicted molar refractivity (Wildman–Crippen MR) is 136 cm³/mol. The maximum absolute atomic E-state index is 13.0. The Morgan fingerprint density at radius 3 is 2.64 bits per heavy atom. The molecule has 2 aromatic rings. The van der Waals surface area contributed by atoms with Crippen molar-refractivity contribution in [3.8, 4) is 17.6 Å². The van der Waals surface area contributed by atoms with Gasteiger partial charge in [-0.05, 0) is 36.8 Å². The Hall–Kier alpha value is -3.68. The summed E-state index contributed by atoms with van der Waals surface area (Å²) >= 11 is 7.32. The summed E-state index contributed by atoms with van der Waals surface area (Å²) in [5.74, 6) is -3.16. The molecule has 0 spiro atoms. The van der Waals surface area contributed by atoms with Gasteiger partial charge < -0.3 is 24.8 Å². The second kappa shape index (κ2) is 12.3. The second-order valence-corrected chi connectivity index (χ2v) is 8.91. The summed E-state index contributed by atoms with van der Waals surface area (Å²) < 4.78 is 15.5. The first-order chi connectivity index (χ1) is 17.3. The van der Waals surface area contributed by atoms with Gasteiger partial charge in [-0.1, -0.05) is 35.5 Å². The molecule has 1 aliphatic rings. The number of hydrogen-bond acceptors (Lipinski definition) is 8. The lowest BCUT2D eigenvalue weighted by Gasteiger charge is -2.31. The van der Waals surface area contributed by atoms with Gasteiger partial charge in [-0.25, -0.2) is 0 Å². The van der Waals surface area contributed by atoms with Gasteiger partial charge in [0, 0.05) is 17.7 Å². The van der Waals surface area contributed by atoms with E-state index < -0.39 is 23.7 Å². The Morgan fingerprint density at radius 1 is 1.22 bits per heavy atom. The number of nitrogens with zero attached hydrogens (tertiary/aromatic N) is 1. The molecule has 0 aliphatic carbocycles. The summed E-state index contributed by atoms with van der Waals surface area (Å²) in [7, 11) is 2.69. The zero-order valence-electron chi connectivity index (χ0n) is 19.8. The minimum absolute atomic E-state index is 0.0996. The van der Waals surface area contributed by atoms with Crippen LogP contribution in [0.5, 0.6) is 11.5 Å². The van der Waals surface area contributed by atoms with E-state index in [1.165, 1.54) is 14.2 Å². The lowest BCUT2D eigenvalue weighted by Crippen LogP contribution is -2.44. The van der Waals surface area contributed by atoms with E-state index in [1.807, 2.05) is 6.92 Å². The van der Waals surface area contributed by atoms with E-state index >= 15 is 0 Å². The molecule has 1 aliphatic heterocycles. The van der Waals surface area contributed by atoms with Gasteiger partial charge in [0.05, 0.1) is 48.3 Å². The first-order valence-corrected chi connectivity index (χ1v) is 12.2. The molecule has 3 rings (SSSR count). The summed E-state index contributed by atoms with van der Waals surface area (Å²) in [6.07, 6.45) is 0. The fourth-order valence-electron chi connectivity index (χ4n) is 3.70. The van der Waals surface area contributed by atoms with Crippen molar-refractivity contribution >= 4 is 46.8 Å². The average Bonchev–Trinajstić information content (AvgIpc) is 2.88. The summed E-state index contributed by atoms with van der Waals surface area (Å²) in [4.78, 5) is 38.1. The molecule has 0 fully saturated rings. The standard InChI is InChI=1S/C25H24ClN3O6S/c1-4-35-19-9-8-14(10-18(19)26)21-17(12-27)24(29-23(31)22(21)25(32)34-3)36-13-20(30)28-15-6-5-7-16(11-15)33-2/h5-11,21-22H,4,13H2,1-3H3,(H,28,30)(H,29,31)/t21-,22+/m1/s1. The minimum Gasteiger partial charge on any atom is -0.497 e. The molecule has 0 radical (unpaired) electrons. The van der Waals surface area contributed by atoms with Crippen LogP contribution in [0.4, 0.5) is 5.69 Å². The van der Waals surface area contributed by atoms with Gasteiger partial charge in [-0.2, -0.15) is 5.26 Å². The summed E-state index contributed by atoms with van der Waals surface area (Å²) in [5, 5.41) is 15.8. The normalized spacial score (nSPS) is 17.0. The van der Waals surface area contributed by atoms with Crippen LogP contribution in [0, 0.1) is 17.2 Å². The zero-order valence-corrected chi connectivity index (χ0v) is 21.4. The largest absolute Gasteiger partial charge is 0.497 e. The molecular formula is C25H24ClN3O6S. The van der Waals surface area contributed by atoms with Crippen LogP contribution < -0.4 is 20.1 Å². The van der Waals surface area contributed by atoms with Gasteiger partial charge in [0.25, 0.3) is 0 Å². The first-order valence-electron chi connectivity index (χ1n) is 10.8. The highest BCUT2D eigenvalue weighted by Gasteiger charge is 2.44. The summed E-state index contributed by atoms with van der Waals surface area (Å²) in [5.41, 5.74) is 1.11. The number of methoxy groups -OCH3 is 2. The molecule has 0 bridgehead atoms. The van der Waals surface area contributed by atoms with Crippen molar-refractivity contribution < 1.29 is 28.6 Å². The summed E-state index contributed by atoms with van der Waals surface area (Å²) in [6, 6.07) is 13.8. The van der Waals surface area contributed by atoms with Crippen molar-refractivity contribution in [2.75, 3.05) is 31.9 Å². The van der Waals surface area contributed by atoms with Crippen molar-refractivity contribution in [1.29, 1.82) is 5.26 Å². The van der Waals surface area contributed by atoms with Crippen LogP contribution >= 0.6 is 23.4 Å². The molecular weight excluding hydrogens is 506 g/mol. The number of allylic oxidation sites excluding steroid dienone is 1. The van der Waals surface area contributed by atoms with Gasteiger partial charge in [-0.3, -0.25) is 14.4 Å². The third kappa shape index (κ3) is 6.11. The number of ether oxygens (including phenoxy) is 3. The number of nitrogens with one attached hydrogen (secondary N) is 2. The topological polar surface area (TPSA) is 127 Å². The maximum atomic E-state index is 13.0. The molecule has 188 valence electrons. The van der Waals surface area contributed by atoms with Gasteiger partial charge in [0.15, 0.2) is 0 Å². The molecule has 2 amide bonds. The number of carbonyl (C=O) groups is 3. The van der Waals surface area contributed by atoms with E-state index in [0.717, 1.165) is 11.8 Å². The van der Waals surface area contributed by atoms with E-state index in [-0.39, 0.29) is 27.3 Å². The van der Waals surface area contributed by atoms with Crippen LogP contribution in [0.3, 0.4) is 0 Å². The maximum Gasteiger partial charge on any atom is 0.319 e. The number of esters is 1. The number of benzene rings is 2. The van der Waals surface area contributed by atoms with Crippen LogP contribution in [0.2, 0.25) is 5.02 Å². The van der Waals surface area contributed by atoms with E-state index in [2.05, 4.69) is 16.7 Å². The smallest absolute Gasteiger partial charge is 0.319 e. The molecule has 36 heavy (non-hydrogen) atoms. The Kier molecular flexibility index (Phi) is 9.22. The van der Waals surface area contributed by atoms with Crippen LogP contribution in [0.1, 0.15) is 18.4 Å². The average molecular weight is 530 g/mol. The third-order valence-electron chi connectivity index (χ3n) is 5.30. The highest BCUT2D eigenvalue weighted by Crippen LogP contribution is 2.42. The van der Waals surface area contributed by atoms with Crippen LogP contribution in [-0.4, -0.2) is 44.4 Å². The SMILES string of the molecule is CCOc1ccc([C@@H]2C(C#N)=C(SCC(=O)Nc3cccc(OC)c3)NC(=O)[C@H]2C(=O)OC)cc1Cl. The first kappa shape index (κ1) is 26.9. The second-order valence-electron chi connectivity index (χ2n) is 7.51. The monoisotopic (exact) mass is 529 g/mol. The molecule has 2 aromatic carbocycles. The molecule has 0 saturated heterocycles. The number of hydrogen-bond donors (Lipinski definition) is 2. The van der Waals surface area contributed by atoms with Gasteiger partial charge >= 0.3 is 5.97 Å². The number of anilines is 1. The Bertz CT molecular complexity index is 1240. The van der Waals surface area contributed by atoms with Gasteiger partial charge in [0.1, 0.15) is 17.4 Å². The highest BCUT2D eigenvalue weighted by atomic mass is 35.5. The lowest BCUT2D eigenvalue weighted by atomic mass is 9.78. The van der Waals surface area contributed by atoms with Crippen molar-refractivity contribution in [1.82, 2.24) is 5.32 Å². The number of halogens is 1. The molecule has 0 aromatic heterocycles. The molecule has 2 N–H and O–H groups in total. The lowest BCUT2D eigenvalue weighted by molar-refractivity contribution is -0.150. The fraction of sp³-hybridized carbons (Fsp3) is 0.280. The van der Waals surface area contributed by atoms with E-state index in [4.69, 9.17) is 25.8 Å². The quantitative estimate of drug-likeness (QED) is 0.370. The van der Waals surface area contributed by atoms with Crippen molar-refractivity contribution in [2.45, 2.75) is 12.8 Å². The number of carbonyl (C=O) groups excluding carboxylic acids is 3. The van der Waals surface area contributed by atoms with Gasteiger partial charge in [0.2, 0.25) is 11.8 Å². The Labute approximate surface area is 217 Å². The molecule has 0 unspecified atom stereocenters. The Morgan fingerprint density at radius 2 is 2.00 bits per heavy atom. The molecule has 9 nitrogen and oxygen atoms in total. The molecule has 2 atom stereocenters.